The Kier molecular flexibility index (Phi) is 6.67. The van der Waals surface area contributed by atoms with Crippen molar-refractivity contribution in [3.8, 4) is 5.75 Å². The molecule has 1 aliphatic rings. The van der Waals surface area contributed by atoms with Gasteiger partial charge in [0.25, 0.3) is 0 Å². The molecule has 1 aliphatic carbocycles. The predicted molar refractivity (Wildman–Crippen MR) is 115 cm³/mol. The van der Waals surface area contributed by atoms with Crippen molar-refractivity contribution in [3.63, 3.8) is 0 Å². The molecule has 1 aromatic heterocycles. The summed E-state index contributed by atoms with van der Waals surface area (Å²) in [5.41, 5.74) is 3.03. The normalized spacial score (nSPS) is 12.6. The second-order valence-corrected chi connectivity index (χ2v) is 8.25. The maximum absolute atomic E-state index is 12.3. The number of ether oxygens (including phenoxy) is 1. The topological polar surface area (TPSA) is 143 Å². The van der Waals surface area contributed by atoms with Crippen molar-refractivity contribution in [2.75, 3.05) is 11.9 Å². The second kappa shape index (κ2) is 9.22. The standard InChI is InChI=1S/C18H17BrN4O6S/c1-2-29-17(25)14-11-4-3-5-13(11)30-16(14)21-18(26)22-20-8-9-6-10(19)7-12(15(9)24)23(27)28/h6-8,24H,2-5H2,1H3,(H2,21,22,26)/b20-8+. The summed E-state index contributed by atoms with van der Waals surface area (Å²) in [6.07, 6.45) is 3.62. The Hall–Kier alpha value is -2.99. The number of amides is 2. The van der Waals surface area contributed by atoms with Crippen LogP contribution in [0.1, 0.15) is 39.7 Å². The SMILES string of the molecule is CCOC(=O)c1c(NC(=O)N/N=C/c2cc(Br)cc([N+](=O)[O-])c2O)sc2c1CCC2. The first-order valence-corrected chi connectivity index (χ1v) is 10.5. The third kappa shape index (κ3) is 4.60. The third-order valence-corrected chi connectivity index (χ3v) is 5.94. The van der Waals surface area contributed by atoms with Gasteiger partial charge in [0.2, 0.25) is 5.75 Å². The average molecular weight is 497 g/mol. The highest BCUT2D eigenvalue weighted by atomic mass is 79.9. The minimum absolute atomic E-state index is 0.0405. The van der Waals surface area contributed by atoms with Gasteiger partial charge >= 0.3 is 17.7 Å². The van der Waals surface area contributed by atoms with Gasteiger partial charge in [-0.05, 0) is 37.8 Å². The molecule has 0 unspecified atom stereocenters. The lowest BCUT2D eigenvalue weighted by molar-refractivity contribution is -0.385. The van der Waals surface area contributed by atoms with Crippen LogP contribution in [0.25, 0.3) is 0 Å². The number of anilines is 1. The van der Waals surface area contributed by atoms with Gasteiger partial charge in [0.1, 0.15) is 5.00 Å². The molecule has 30 heavy (non-hydrogen) atoms. The molecule has 0 aliphatic heterocycles. The van der Waals surface area contributed by atoms with E-state index in [9.17, 15) is 24.8 Å². The summed E-state index contributed by atoms with van der Waals surface area (Å²) in [5.74, 6) is -1.06. The highest BCUT2D eigenvalue weighted by Gasteiger charge is 2.28. The fraction of sp³-hybridized carbons (Fsp3) is 0.278. The van der Waals surface area contributed by atoms with Gasteiger partial charge < -0.3 is 9.84 Å². The number of fused-ring (bicyclic) bond motifs is 1. The third-order valence-electron chi connectivity index (χ3n) is 4.28. The number of hydrogen-bond donors (Lipinski definition) is 3. The van der Waals surface area contributed by atoms with Gasteiger partial charge in [0.15, 0.2) is 0 Å². The predicted octanol–water partition coefficient (Wildman–Crippen LogP) is 3.95. The van der Waals surface area contributed by atoms with Crippen molar-refractivity contribution >= 4 is 56.2 Å². The molecule has 0 saturated heterocycles. The number of benzene rings is 1. The maximum Gasteiger partial charge on any atom is 0.341 e. The molecule has 2 amide bonds. The Labute approximate surface area is 183 Å². The van der Waals surface area contributed by atoms with Gasteiger partial charge in [0, 0.05) is 21.0 Å². The summed E-state index contributed by atoms with van der Waals surface area (Å²) in [6.45, 7) is 1.93. The number of esters is 1. The first-order chi connectivity index (χ1) is 14.3. The fourth-order valence-electron chi connectivity index (χ4n) is 3.05. The zero-order valence-corrected chi connectivity index (χ0v) is 18.1. The first-order valence-electron chi connectivity index (χ1n) is 8.90. The van der Waals surface area contributed by atoms with Crippen LogP contribution in [0.2, 0.25) is 0 Å². The van der Waals surface area contributed by atoms with Crippen molar-refractivity contribution in [1.82, 2.24) is 5.43 Å². The van der Waals surface area contributed by atoms with Crippen LogP contribution in [0.3, 0.4) is 0 Å². The zero-order chi connectivity index (χ0) is 21.8. The number of aryl methyl sites for hydroxylation is 1. The summed E-state index contributed by atoms with van der Waals surface area (Å²) < 4.78 is 5.47. The number of nitro groups is 1. The van der Waals surface area contributed by atoms with Crippen LogP contribution in [0.4, 0.5) is 15.5 Å². The van der Waals surface area contributed by atoms with Crippen LogP contribution < -0.4 is 10.7 Å². The maximum atomic E-state index is 12.3. The molecule has 3 rings (SSSR count). The number of carbonyl (C=O) groups excluding carboxylic acids is 2. The number of urea groups is 1. The Bertz CT molecular complexity index is 1050. The number of hydrogen-bond acceptors (Lipinski definition) is 8. The van der Waals surface area contributed by atoms with E-state index in [1.807, 2.05) is 0 Å². The van der Waals surface area contributed by atoms with Crippen molar-refractivity contribution in [2.45, 2.75) is 26.2 Å². The molecular weight excluding hydrogens is 480 g/mol. The van der Waals surface area contributed by atoms with Gasteiger partial charge in [-0.1, -0.05) is 15.9 Å². The number of nitrogens with zero attached hydrogens (tertiary/aromatic N) is 2. The number of halogens is 1. The number of thiophene rings is 1. The average Bonchev–Trinajstić information content (AvgIpc) is 3.24. The van der Waals surface area contributed by atoms with Gasteiger partial charge in [-0.3, -0.25) is 15.4 Å². The summed E-state index contributed by atoms with van der Waals surface area (Å²) in [4.78, 5) is 35.8. The van der Waals surface area contributed by atoms with E-state index in [1.54, 1.807) is 6.92 Å². The monoisotopic (exact) mass is 496 g/mol. The van der Waals surface area contributed by atoms with Crippen LogP contribution in [-0.4, -0.2) is 34.9 Å². The van der Waals surface area contributed by atoms with E-state index in [-0.39, 0.29) is 12.2 Å². The number of carbonyl (C=O) groups is 2. The lowest BCUT2D eigenvalue weighted by Crippen LogP contribution is -2.25. The van der Waals surface area contributed by atoms with Gasteiger partial charge in [0.05, 0.1) is 23.3 Å². The number of nitrogens with one attached hydrogen (secondary N) is 2. The lowest BCUT2D eigenvalue weighted by Gasteiger charge is -2.07. The summed E-state index contributed by atoms with van der Waals surface area (Å²) in [5, 5.41) is 27.6. The highest BCUT2D eigenvalue weighted by Crippen LogP contribution is 2.39. The number of rotatable bonds is 6. The minimum atomic E-state index is -0.732. The summed E-state index contributed by atoms with van der Waals surface area (Å²) in [6, 6.07) is 1.86. The number of phenolic OH excluding ortho intramolecular Hbond substituents is 1. The second-order valence-electron chi connectivity index (χ2n) is 6.23. The van der Waals surface area contributed by atoms with Crippen LogP contribution in [0, 0.1) is 10.1 Å². The summed E-state index contributed by atoms with van der Waals surface area (Å²) >= 11 is 4.44. The summed E-state index contributed by atoms with van der Waals surface area (Å²) in [7, 11) is 0. The lowest BCUT2D eigenvalue weighted by atomic mass is 10.1. The Balaban J connectivity index is 1.73. The molecule has 0 saturated carbocycles. The van der Waals surface area contributed by atoms with Crippen LogP contribution in [0.15, 0.2) is 21.7 Å². The van der Waals surface area contributed by atoms with Crippen molar-refractivity contribution in [2.24, 2.45) is 5.10 Å². The number of phenols is 1. The molecule has 158 valence electrons. The van der Waals surface area contributed by atoms with Gasteiger partial charge in [-0.15, -0.1) is 11.3 Å². The van der Waals surface area contributed by atoms with Crippen molar-refractivity contribution in [3.05, 3.63) is 48.3 Å². The Morgan fingerprint density at radius 1 is 1.43 bits per heavy atom. The van der Waals surface area contributed by atoms with Gasteiger partial charge in [-0.2, -0.15) is 5.10 Å². The molecule has 0 bridgehead atoms. The molecule has 2 aromatic rings. The van der Waals surface area contributed by atoms with E-state index >= 15 is 0 Å². The zero-order valence-electron chi connectivity index (χ0n) is 15.7. The highest BCUT2D eigenvalue weighted by molar-refractivity contribution is 9.10. The van der Waals surface area contributed by atoms with Crippen LogP contribution >= 0.6 is 27.3 Å². The molecule has 1 heterocycles. The van der Waals surface area contributed by atoms with E-state index in [4.69, 9.17) is 4.74 Å². The molecule has 1 aromatic carbocycles. The molecule has 12 heteroatoms. The van der Waals surface area contributed by atoms with Crippen LogP contribution in [-0.2, 0) is 17.6 Å². The molecule has 0 spiro atoms. The largest absolute Gasteiger partial charge is 0.502 e. The first kappa shape index (κ1) is 21.7. The Morgan fingerprint density at radius 2 is 2.20 bits per heavy atom. The Morgan fingerprint density at radius 3 is 2.90 bits per heavy atom. The smallest absolute Gasteiger partial charge is 0.341 e. The number of aromatic hydroxyl groups is 1. The number of nitro benzene ring substituents is 1. The molecule has 10 nitrogen and oxygen atoms in total. The van der Waals surface area contributed by atoms with Crippen molar-refractivity contribution < 1.29 is 24.4 Å². The molecule has 0 atom stereocenters. The van der Waals surface area contributed by atoms with E-state index in [0.29, 0.717) is 15.0 Å². The van der Waals surface area contributed by atoms with E-state index < -0.39 is 28.4 Å². The quantitative estimate of drug-likeness (QED) is 0.239. The van der Waals surface area contributed by atoms with E-state index in [1.165, 1.54) is 17.4 Å². The fourth-order valence-corrected chi connectivity index (χ4v) is 4.78. The molecule has 0 radical (unpaired) electrons. The molecular formula is C18H17BrN4O6S. The minimum Gasteiger partial charge on any atom is -0.502 e. The molecule has 3 N–H and O–H groups in total. The van der Waals surface area contributed by atoms with E-state index in [0.717, 1.165) is 42.0 Å². The van der Waals surface area contributed by atoms with Crippen LogP contribution in [0.5, 0.6) is 5.75 Å². The van der Waals surface area contributed by atoms with E-state index in [2.05, 4.69) is 31.8 Å². The van der Waals surface area contributed by atoms with Crippen molar-refractivity contribution in [1.29, 1.82) is 0 Å². The molecule has 0 fully saturated rings. The number of hydrazone groups is 1. The van der Waals surface area contributed by atoms with Gasteiger partial charge in [-0.25, -0.2) is 15.0 Å².